The molecule has 6 nitrogen and oxygen atoms in total. The van der Waals surface area contributed by atoms with Crippen molar-refractivity contribution >= 4 is 45.6 Å². The van der Waals surface area contributed by atoms with Crippen LogP contribution in [0.4, 0.5) is 11.4 Å². The topological polar surface area (TPSA) is 115 Å². The number of benzene rings is 1. The van der Waals surface area contributed by atoms with Gasteiger partial charge in [-0.15, -0.1) is 0 Å². The van der Waals surface area contributed by atoms with Crippen LogP contribution in [-0.4, -0.2) is 27.5 Å². The summed E-state index contributed by atoms with van der Waals surface area (Å²) >= 11 is 5.84. The first kappa shape index (κ1) is 14.5. The van der Waals surface area contributed by atoms with Crippen molar-refractivity contribution in [1.29, 1.82) is 0 Å². The number of anilines is 2. The molecule has 0 aliphatic heterocycles. The molecule has 0 heterocycles. The number of carbonyl (C=O) groups excluding carboxylic acids is 2. The second kappa shape index (κ2) is 6.36. The number of primary amides is 1. The van der Waals surface area contributed by atoms with Crippen molar-refractivity contribution in [2.75, 3.05) is 22.6 Å². The highest BCUT2D eigenvalue weighted by Gasteiger charge is 2.12. The molecule has 0 saturated heterocycles. The Morgan fingerprint density at radius 2 is 2.00 bits per heavy atom. The Labute approximate surface area is 111 Å². The average molecular weight is 290 g/mol. The summed E-state index contributed by atoms with van der Waals surface area (Å²) < 4.78 is 11.3. The zero-order valence-electron chi connectivity index (χ0n) is 9.31. The predicted molar refractivity (Wildman–Crippen MR) is 71.6 cm³/mol. The van der Waals surface area contributed by atoms with Gasteiger partial charge >= 0.3 is 0 Å². The standard InChI is InChI=1S/C10H12ClN3O3S/c11-7-2-1-6(12)3-8(7)14-10(16)5-18(17)4-9(13)15/h1-3H,4-5,12H2,(H2,13,15)(H,14,16). The number of nitrogens with two attached hydrogens (primary N) is 2. The van der Waals surface area contributed by atoms with Crippen LogP contribution in [-0.2, 0) is 20.4 Å². The smallest absolute Gasteiger partial charge is 0.237 e. The lowest BCUT2D eigenvalue weighted by Gasteiger charge is -2.07. The molecule has 0 saturated carbocycles. The zero-order chi connectivity index (χ0) is 13.7. The SMILES string of the molecule is NC(=O)CS(=O)CC(=O)Nc1cc(N)ccc1Cl. The molecule has 0 aliphatic carbocycles. The van der Waals surface area contributed by atoms with Crippen molar-refractivity contribution < 1.29 is 13.8 Å². The largest absolute Gasteiger partial charge is 0.399 e. The average Bonchev–Trinajstić information content (AvgIpc) is 2.21. The molecule has 0 aromatic heterocycles. The van der Waals surface area contributed by atoms with Crippen molar-refractivity contribution in [2.45, 2.75) is 0 Å². The lowest BCUT2D eigenvalue weighted by molar-refractivity contribution is -0.115. The van der Waals surface area contributed by atoms with Gasteiger partial charge in [0.1, 0.15) is 11.5 Å². The van der Waals surface area contributed by atoms with Crippen LogP contribution < -0.4 is 16.8 Å². The van der Waals surface area contributed by atoms with Crippen molar-refractivity contribution in [1.82, 2.24) is 0 Å². The van der Waals surface area contributed by atoms with E-state index in [9.17, 15) is 13.8 Å². The Balaban J connectivity index is 2.62. The predicted octanol–water partition coefficient (Wildman–Crippen LogP) is 0.0947. The van der Waals surface area contributed by atoms with E-state index < -0.39 is 22.6 Å². The molecule has 8 heteroatoms. The Morgan fingerprint density at radius 1 is 1.33 bits per heavy atom. The third-order valence-corrected chi connectivity index (χ3v) is 3.38. The fourth-order valence-electron chi connectivity index (χ4n) is 1.18. The maximum absolute atomic E-state index is 11.5. The number of nitrogen functional groups attached to an aromatic ring is 1. The molecule has 5 N–H and O–H groups in total. The molecule has 2 amide bonds. The molecule has 1 aromatic carbocycles. The molecule has 1 unspecified atom stereocenters. The highest BCUT2D eigenvalue weighted by atomic mass is 35.5. The van der Waals surface area contributed by atoms with E-state index in [1.807, 2.05) is 0 Å². The Morgan fingerprint density at radius 3 is 2.61 bits per heavy atom. The zero-order valence-corrected chi connectivity index (χ0v) is 10.9. The molecule has 0 bridgehead atoms. The Kier molecular flexibility index (Phi) is 5.11. The number of hydrogen-bond acceptors (Lipinski definition) is 4. The van der Waals surface area contributed by atoms with Crippen LogP contribution in [0.15, 0.2) is 18.2 Å². The maximum atomic E-state index is 11.5. The van der Waals surface area contributed by atoms with Gasteiger partial charge in [0.15, 0.2) is 0 Å². The number of halogens is 1. The maximum Gasteiger partial charge on any atom is 0.237 e. The van der Waals surface area contributed by atoms with Gasteiger partial charge in [0.25, 0.3) is 0 Å². The number of nitrogens with one attached hydrogen (secondary N) is 1. The van der Waals surface area contributed by atoms with Crippen LogP contribution in [0, 0.1) is 0 Å². The number of amides is 2. The molecule has 1 rings (SSSR count). The van der Waals surface area contributed by atoms with Gasteiger partial charge in [-0.3, -0.25) is 13.8 Å². The van der Waals surface area contributed by atoms with Gasteiger partial charge in [-0.2, -0.15) is 0 Å². The van der Waals surface area contributed by atoms with E-state index in [0.29, 0.717) is 16.4 Å². The lowest BCUT2D eigenvalue weighted by atomic mass is 10.3. The van der Waals surface area contributed by atoms with Crippen molar-refractivity contribution in [3.05, 3.63) is 23.2 Å². The molecule has 0 radical (unpaired) electrons. The van der Waals surface area contributed by atoms with Gasteiger partial charge in [0.2, 0.25) is 11.8 Å². The van der Waals surface area contributed by atoms with Gasteiger partial charge in [-0.25, -0.2) is 0 Å². The van der Waals surface area contributed by atoms with Gasteiger partial charge in [-0.1, -0.05) is 11.6 Å². The van der Waals surface area contributed by atoms with E-state index in [-0.39, 0.29) is 11.5 Å². The van der Waals surface area contributed by atoms with Gasteiger partial charge in [0.05, 0.1) is 10.7 Å². The van der Waals surface area contributed by atoms with Crippen LogP contribution >= 0.6 is 11.6 Å². The minimum Gasteiger partial charge on any atom is -0.399 e. The molecule has 0 fully saturated rings. The first-order valence-electron chi connectivity index (χ1n) is 4.86. The second-order valence-corrected chi connectivity index (χ2v) is 5.35. The van der Waals surface area contributed by atoms with Crippen molar-refractivity contribution in [2.24, 2.45) is 5.73 Å². The van der Waals surface area contributed by atoms with Gasteiger partial charge < -0.3 is 16.8 Å². The summed E-state index contributed by atoms with van der Waals surface area (Å²) in [5.41, 5.74) is 11.2. The van der Waals surface area contributed by atoms with E-state index in [1.165, 1.54) is 12.1 Å². The summed E-state index contributed by atoms with van der Waals surface area (Å²) in [5, 5.41) is 2.78. The second-order valence-electron chi connectivity index (χ2n) is 3.48. The highest BCUT2D eigenvalue weighted by molar-refractivity contribution is 7.86. The number of rotatable bonds is 5. The summed E-state index contributed by atoms with van der Waals surface area (Å²) in [4.78, 5) is 22.0. The molecular weight excluding hydrogens is 278 g/mol. The van der Waals surface area contributed by atoms with Crippen LogP contribution in [0.5, 0.6) is 0 Å². The summed E-state index contributed by atoms with van der Waals surface area (Å²) in [6.07, 6.45) is 0. The van der Waals surface area contributed by atoms with E-state index in [0.717, 1.165) is 0 Å². The van der Waals surface area contributed by atoms with E-state index in [2.05, 4.69) is 5.32 Å². The molecule has 1 aromatic rings. The summed E-state index contributed by atoms with van der Waals surface area (Å²) in [6.45, 7) is 0. The third-order valence-electron chi connectivity index (χ3n) is 1.86. The summed E-state index contributed by atoms with van der Waals surface area (Å²) in [6, 6.07) is 4.60. The van der Waals surface area contributed by atoms with Crippen LogP contribution in [0.3, 0.4) is 0 Å². The third kappa shape index (κ3) is 4.72. The van der Waals surface area contributed by atoms with Crippen molar-refractivity contribution in [3.8, 4) is 0 Å². The van der Waals surface area contributed by atoms with Crippen LogP contribution in [0.25, 0.3) is 0 Å². The van der Waals surface area contributed by atoms with Crippen LogP contribution in [0.1, 0.15) is 0 Å². The van der Waals surface area contributed by atoms with Gasteiger partial charge in [0, 0.05) is 16.5 Å². The van der Waals surface area contributed by atoms with E-state index >= 15 is 0 Å². The molecular formula is C10H12ClN3O3S. The normalized spacial score (nSPS) is 11.8. The van der Waals surface area contributed by atoms with Crippen LogP contribution in [0.2, 0.25) is 5.02 Å². The minimum absolute atomic E-state index is 0.318. The van der Waals surface area contributed by atoms with Gasteiger partial charge in [-0.05, 0) is 18.2 Å². The molecule has 0 aliphatic rings. The first-order chi connectivity index (χ1) is 8.38. The summed E-state index contributed by atoms with van der Waals surface area (Å²) in [7, 11) is -1.63. The molecule has 18 heavy (non-hydrogen) atoms. The first-order valence-corrected chi connectivity index (χ1v) is 6.73. The summed E-state index contributed by atoms with van der Waals surface area (Å²) in [5.74, 6) is -1.92. The monoisotopic (exact) mass is 289 g/mol. The highest BCUT2D eigenvalue weighted by Crippen LogP contribution is 2.23. The molecule has 1 atom stereocenters. The number of hydrogen-bond donors (Lipinski definition) is 3. The van der Waals surface area contributed by atoms with Crippen molar-refractivity contribution in [3.63, 3.8) is 0 Å². The van der Waals surface area contributed by atoms with E-state index in [4.69, 9.17) is 23.1 Å². The molecule has 98 valence electrons. The lowest BCUT2D eigenvalue weighted by Crippen LogP contribution is -2.26. The quantitative estimate of drug-likeness (QED) is 0.666. The minimum atomic E-state index is -1.63. The fraction of sp³-hybridized carbons (Fsp3) is 0.200. The van der Waals surface area contributed by atoms with E-state index in [1.54, 1.807) is 6.07 Å². The Hall–Kier alpha value is -1.60. The fourth-order valence-corrected chi connectivity index (χ4v) is 2.13. The molecule has 0 spiro atoms. The number of carbonyl (C=O) groups is 2. The Bertz CT molecular complexity index is 507.